The van der Waals surface area contributed by atoms with Crippen LogP contribution in [0.3, 0.4) is 0 Å². The number of hydrogen-bond donors (Lipinski definition) is 0. The minimum atomic E-state index is -0.287. The molecule has 0 N–H and O–H groups in total. The predicted octanol–water partition coefficient (Wildman–Crippen LogP) is 0.728. The van der Waals surface area contributed by atoms with E-state index in [9.17, 15) is 4.79 Å². The van der Waals surface area contributed by atoms with Gasteiger partial charge in [0, 0.05) is 63.4 Å². The van der Waals surface area contributed by atoms with Gasteiger partial charge in [0.15, 0.2) is 0 Å². The number of aryl methyl sites for hydroxylation is 1. The Kier molecular flexibility index (Phi) is 5.43. The van der Waals surface area contributed by atoms with Crippen molar-refractivity contribution in [1.82, 2.24) is 24.6 Å². The van der Waals surface area contributed by atoms with Gasteiger partial charge in [0.05, 0.1) is 13.2 Å². The van der Waals surface area contributed by atoms with Crippen molar-refractivity contribution in [2.75, 3.05) is 62.3 Å². The third-order valence-corrected chi connectivity index (χ3v) is 5.32. The average molecular weight is 385 g/mol. The molecule has 1 unspecified atom stereocenters. The Labute approximate surface area is 164 Å². The van der Waals surface area contributed by atoms with Crippen LogP contribution in [0.1, 0.15) is 18.7 Å². The molecule has 28 heavy (non-hydrogen) atoms. The van der Waals surface area contributed by atoms with Gasteiger partial charge in [0.1, 0.15) is 11.9 Å². The van der Waals surface area contributed by atoms with Gasteiger partial charge in [0.2, 0.25) is 11.9 Å². The van der Waals surface area contributed by atoms with Crippen molar-refractivity contribution in [2.45, 2.75) is 19.9 Å². The predicted molar refractivity (Wildman–Crippen MR) is 106 cm³/mol. The maximum Gasteiger partial charge on any atom is 0.247 e. The van der Waals surface area contributed by atoms with Crippen LogP contribution in [0, 0.1) is 6.92 Å². The summed E-state index contributed by atoms with van der Waals surface area (Å²) in [5, 5.41) is 4.18. The number of aromatic nitrogens is 4. The minimum Gasteiger partial charge on any atom is -0.378 e. The Morgan fingerprint density at radius 3 is 2.50 bits per heavy atom. The lowest BCUT2D eigenvalue weighted by molar-refractivity contribution is -0.134. The Morgan fingerprint density at radius 1 is 1.07 bits per heavy atom. The van der Waals surface area contributed by atoms with Crippen LogP contribution in [0.15, 0.2) is 24.5 Å². The molecule has 0 aromatic carbocycles. The second-order valence-corrected chi connectivity index (χ2v) is 7.24. The topological polar surface area (TPSA) is 79.6 Å². The van der Waals surface area contributed by atoms with Crippen molar-refractivity contribution in [3.05, 3.63) is 30.2 Å². The summed E-state index contributed by atoms with van der Waals surface area (Å²) in [5.41, 5.74) is 0.956. The van der Waals surface area contributed by atoms with E-state index in [1.165, 1.54) is 0 Å². The molecule has 2 aromatic rings. The zero-order chi connectivity index (χ0) is 19.5. The first kappa shape index (κ1) is 18.7. The first-order valence-corrected chi connectivity index (χ1v) is 9.83. The number of carbonyl (C=O) groups is 1. The van der Waals surface area contributed by atoms with Gasteiger partial charge in [-0.15, -0.1) is 0 Å². The van der Waals surface area contributed by atoms with Gasteiger partial charge in [0.25, 0.3) is 0 Å². The van der Waals surface area contributed by atoms with E-state index in [1.807, 2.05) is 37.1 Å². The molecule has 2 aromatic heterocycles. The molecule has 0 saturated carbocycles. The molecule has 2 aliphatic heterocycles. The molecule has 9 heteroatoms. The van der Waals surface area contributed by atoms with Gasteiger partial charge in [-0.1, -0.05) is 0 Å². The average Bonchev–Trinajstić information content (AvgIpc) is 3.28. The lowest BCUT2D eigenvalue weighted by atomic mass is 10.2. The Balaban J connectivity index is 1.41. The highest BCUT2D eigenvalue weighted by atomic mass is 16.5. The number of piperazine rings is 1. The van der Waals surface area contributed by atoms with Crippen molar-refractivity contribution >= 4 is 17.7 Å². The zero-order valence-corrected chi connectivity index (χ0v) is 16.5. The highest BCUT2D eigenvalue weighted by Crippen LogP contribution is 2.20. The molecule has 0 spiro atoms. The monoisotopic (exact) mass is 385 g/mol. The number of amides is 1. The molecular formula is C19H27N7O2. The van der Waals surface area contributed by atoms with Crippen LogP contribution in [-0.4, -0.2) is 83.0 Å². The van der Waals surface area contributed by atoms with E-state index in [-0.39, 0.29) is 11.9 Å². The minimum absolute atomic E-state index is 0.0996. The van der Waals surface area contributed by atoms with Crippen LogP contribution in [-0.2, 0) is 9.53 Å². The Bertz CT molecular complexity index is 797. The summed E-state index contributed by atoms with van der Waals surface area (Å²) < 4.78 is 7.14. The summed E-state index contributed by atoms with van der Waals surface area (Å²) in [6, 6.07) is 3.58. The highest BCUT2D eigenvalue weighted by Gasteiger charge is 2.27. The molecule has 2 aliphatic rings. The normalized spacial score (nSPS) is 19.0. The largest absolute Gasteiger partial charge is 0.378 e. The lowest BCUT2D eigenvalue weighted by Crippen LogP contribution is -2.51. The zero-order valence-electron chi connectivity index (χ0n) is 16.5. The van der Waals surface area contributed by atoms with E-state index >= 15 is 0 Å². The molecule has 150 valence electrons. The fraction of sp³-hybridized carbons (Fsp3) is 0.579. The Hall–Kier alpha value is -2.68. The maximum absolute atomic E-state index is 12.8. The van der Waals surface area contributed by atoms with E-state index in [0.717, 1.165) is 56.9 Å². The molecule has 0 radical (unpaired) electrons. The smallest absolute Gasteiger partial charge is 0.247 e. The Morgan fingerprint density at radius 2 is 1.82 bits per heavy atom. The van der Waals surface area contributed by atoms with Gasteiger partial charge in [-0.3, -0.25) is 9.48 Å². The number of ether oxygens (including phenoxy) is 1. The maximum atomic E-state index is 12.8. The molecule has 0 aliphatic carbocycles. The lowest BCUT2D eigenvalue weighted by Gasteiger charge is -2.36. The standard InChI is InChI=1S/C19H27N7O2/c1-15-14-17(23-10-12-28-13-11-23)22-19(21-15)25-8-6-24(7-9-25)18(27)16(2)26-5-3-4-20-26/h3-5,14,16H,6-13H2,1-2H3. The quantitative estimate of drug-likeness (QED) is 0.767. The third-order valence-electron chi connectivity index (χ3n) is 5.32. The first-order valence-electron chi connectivity index (χ1n) is 9.83. The van der Waals surface area contributed by atoms with Crippen molar-refractivity contribution in [1.29, 1.82) is 0 Å². The molecule has 4 rings (SSSR count). The number of nitrogens with zero attached hydrogens (tertiary/aromatic N) is 7. The first-order chi connectivity index (χ1) is 13.6. The molecule has 0 bridgehead atoms. The van der Waals surface area contributed by atoms with Gasteiger partial charge in [-0.25, -0.2) is 4.98 Å². The highest BCUT2D eigenvalue weighted by molar-refractivity contribution is 5.80. The van der Waals surface area contributed by atoms with Crippen LogP contribution in [0.5, 0.6) is 0 Å². The summed E-state index contributed by atoms with van der Waals surface area (Å²) in [6.45, 7) is 9.82. The summed E-state index contributed by atoms with van der Waals surface area (Å²) in [4.78, 5) is 28.5. The molecule has 2 saturated heterocycles. The van der Waals surface area contributed by atoms with Crippen LogP contribution in [0.25, 0.3) is 0 Å². The van der Waals surface area contributed by atoms with Crippen molar-refractivity contribution in [2.24, 2.45) is 0 Å². The summed E-state index contributed by atoms with van der Waals surface area (Å²) >= 11 is 0. The van der Waals surface area contributed by atoms with Crippen molar-refractivity contribution in [3.8, 4) is 0 Å². The number of morpholine rings is 1. The molecule has 4 heterocycles. The van der Waals surface area contributed by atoms with Crippen LogP contribution < -0.4 is 9.80 Å². The number of carbonyl (C=O) groups excluding carboxylic acids is 1. The molecule has 1 atom stereocenters. The van der Waals surface area contributed by atoms with Crippen molar-refractivity contribution in [3.63, 3.8) is 0 Å². The van der Waals surface area contributed by atoms with Gasteiger partial charge < -0.3 is 19.4 Å². The second kappa shape index (κ2) is 8.14. The molecular weight excluding hydrogens is 358 g/mol. The van der Waals surface area contributed by atoms with Gasteiger partial charge in [-0.05, 0) is 19.9 Å². The fourth-order valence-corrected chi connectivity index (χ4v) is 3.65. The molecule has 1 amide bonds. The SMILES string of the molecule is Cc1cc(N2CCOCC2)nc(N2CCN(C(=O)C(C)n3cccn3)CC2)n1. The molecule has 9 nitrogen and oxygen atoms in total. The van der Waals surface area contributed by atoms with Crippen LogP contribution in [0.4, 0.5) is 11.8 Å². The fourth-order valence-electron chi connectivity index (χ4n) is 3.65. The van der Waals surface area contributed by atoms with Crippen LogP contribution >= 0.6 is 0 Å². The van der Waals surface area contributed by atoms with E-state index in [2.05, 4.69) is 19.9 Å². The van der Waals surface area contributed by atoms with Crippen LogP contribution in [0.2, 0.25) is 0 Å². The third kappa shape index (κ3) is 3.94. The number of hydrogen-bond acceptors (Lipinski definition) is 7. The summed E-state index contributed by atoms with van der Waals surface area (Å²) in [7, 11) is 0. The van der Waals surface area contributed by atoms with Crippen molar-refractivity contribution < 1.29 is 9.53 Å². The number of rotatable bonds is 4. The molecule has 2 fully saturated rings. The summed E-state index contributed by atoms with van der Waals surface area (Å²) in [6.07, 6.45) is 3.52. The van der Waals surface area contributed by atoms with E-state index < -0.39 is 0 Å². The van der Waals surface area contributed by atoms with Gasteiger partial charge in [-0.2, -0.15) is 10.1 Å². The summed E-state index contributed by atoms with van der Waals surface area (Å²) in [5.74, 6) is 1.80. The van der Waals surface area contributed by atoms with E-state index in [1.54, 1.807) is 10.9 Å². The van der Waals surface area contributed by atoms with E-state index in [4.69, 9.17) is 9.72 Å². The number of anilines is 2. The van der Waals surface area contributed by atoms with Gasteiger partial charge >= 0.3 is 0 Å². The second-order valence-electron chi connectivity index (χ2n) is 7.24. The van der Waals surface area contributed by atoms with E-state index in [0.29, 0.717) is 13.1 Å².